The summed E-state index contributed by atoms with van der Waals surface area (Å²) in [5, 5.41) is 5.02. The second-order valence-corrected chi connectivity index (χ2v) is 15.2. The molecule has 1 heterocycles. The van der Waals surface area contributed by atoms with Crippen molar-refractivity contribution in [3.63, 3.8) is 0 Å². The summed E-state index contributed by atoms with van der Waals surface area (Å²) in [6, 6.07) is 72.5. The standard InChI is InChI=1S/C54H35N/c1-2-12-34(13-3-1)54-47-20-9-8-18-45(47)49-31-36(23-26-48(49)54)37-24-27-52-50(32-37)46-19-10-11-21-51(46)55(52)53-33-40(29-39-15-5-7-17-44(39)53)35-22-25-43-41(28-35)30-38-14-4-6-16-42(38)43/h1-29,31-33,54H,30H2. The van der Waals surface area contributed by atoms with Crippen molar-refractivity contribution in [1.82, 2.24) is 4.57 Å². The van der Waals surface area contributed by atoms with E-state index in [1.54, 1.807) is 0 Å². The molecule has 0 N–H and O–H groups in total. The molecule has 0 fully saturated rings. The van der Waals surface area contributed by atoms with E-state index in [0.717, 1.165) is 6.42 Å². The molecule has 1 atom stereocenters. The average molecular weight is 698 g/mol. The summed E-state index contributed by atoms with van der Waals surface area (Å²) in [6.45, 7) is 0. The van der Waals surface area contributed by atoms with Gasteiger partial charge in [-0.25, -0.2) is 0 Å². The molecule has 1 aromatic heterocycles. The first-order chi connectivity index (χ1) is 27.3. The van der Waals surface area contributed by atoms with E-state index in [1.807, 2.05) is 0 Å². The normalized spacial score (nSPS) is 13.9. The zero-order chi connectivity index (χ0) is 36.0. The van der Waals surface area contributed by atoms with Gasteiger partial charge in [-0.2, -0.15) is 0 Å². The SMILES string of the molecule is c1ccc(C2c3ccccc3-c3cc(-c4ccc5c(c4)c4ccccc4n5-c4cc(-c5ccc6c(c5)Cc5ccccc5-6)cc5ccccc45)ccc32)cc1. The summed E-state index contributed by atoms with van der Waals surface area (Å²) < 4.78 is 2.49. The van der Waals surface area contributed by atoms with Gasteiger partial charge >= 0.3 is 0 Å². The van der Waals surface area contributed by atoms with Crippen LogP contribution in [0.5, 0.6) is 0 Å². The average Bonchev–Trinajstić information content (AvgIpc) is 3.90. The second kappa shape index (κ2) is 11.8. The molecule has 0 saturated heterocycles. The fourth-order valence-electron chi connectivity index (χ4n) is 9.77. The number of hydrogen-bond donors (Lipinski definition) is 0. The predicted molar refractivity (Wildman–Crippen MR) is 230 cm³/mol. The predicted octanol–water partition coefficient (Wildman–Crippen LogP) is 14.0. The van der Waals surface area contributed by atoms with E-state index in [4.69, 9.17) is 0 Å². The van der Waals surface area contributed by atoms with E-state index in [9.17, 15) is 0 Å². The maximum absolute atomic E-state index is 2.49. The number of nitrogens with zero attached hydrogens (tertiary/aromatic N) is 1. The van der Waals surface area contributed by atoms with Crippen LogP contribution in [0.3, 0.4) is 0 Å². The Morgan fingerprint density at radius 3 is 1.95 bits per heavy atom. The van der Waals surface area contributed by atoms with E-state index in [2.05, 4.69) is 199 Å². The lowest BCUT2D eigenvalue weighted by Crippen LogP contribution is -1.98. The zero-order valence-corrected chi connectivity index (χ0v) is 30.2. The minimum Gasteiger partial charge on any atom is -0.309 e. The van der Waals surface area contributed by atoms with Gasteiger partial charge in [-0.15, -0.1) is 0 Å². The minimum absolute atomic E-state index is 0.251. The molecule has 10 aromatic rings. The van der Waals surface area contributed by atoms with Crippen LogP contribution < -0.4 is 0 Å². The third-order valence-electron chi connectivity index (χ3n) is 12.3. The van der Waals surface area contributed by atoms with Crippen LogP contribution in [0.2, 0.25) is 0 Å². The lowest BCUT2D eigenvalue weighted by atomic mass is 9.89. The molecule has 0 spiro atoms. The largest absolute Gasteiger partial charge is 0.309 e. The van der Waals surface area contributed by atoms with E-state index >= 15 is 0 Å². The maximum Gasteiger partial charge on any atom is 0.0546 e. The van der Waals surface area contributed by atoms with Crippen LogP contribution in [0, 0.1) is 0 Å². The van der Waals surface area contributed by atoms with Crippen molar-refractivity contribution in [1.29, 1.82) is 0 Å². The smallest absolute Gasteiger partial charge is 0.0546 e. The van der Waals surface area contributed by atoms with Crippen molar-refractivity contribution in [3.05, 3.63) is 222 Å². The fraction of sp³-hybridized carbons (Fsp3) is 0.0370. The third-order valence-corrected chi connectivity index (χ3v) is 12.3. The number of benzene rings is 9. The Hall–Kier alpha value is -6.96. The van der Waals surface area contributed by atoms with Crippen molar-refractivity contribution in [2.75, 3.05) is 0 Å². The highest BCUT2D eigenvalue weighted by atomic mass is 15.0. The van der Waals surface area contributed by atoms with Gasteiger partial charge in [0.05, 0.1) is 16.7 Å². The first-order valence-corrected chi connectivity index (χ1v) is 19.3. The molecular formula is C54H35N. The van der Waals surface area contributed by atoms with Gasteiger partial charge in [-0.1, -0.05) is 158 Å². The molecule has 256 valence electrons. The number of aromatic nitrogens is 1. The van der Waals surface area contributed by atoms with Crippen LogP contribution in [0.25, 0.3) is 82.8 Å². The quantitative estimate of drug-likeness (QED) is 0.173. The van der Waals surface area contributed by atoms with Gasteiger partial charge in [-0.3, -0.25) is 0 Å². The fourth-order valence-corrected chi connectivity index (χ4v) is 9.77. The van der Waals surface area contributed by atoms with Crippen molar-refractivity contribution in [2.45, 2.75) is 12.3 Å². The number of hydrogen-bond acceptors (Lipinski definition) is 0. The number of fused-ring (bicyclic) bond motifs is 10. The highest BCUT2D eigenvalue weighted by Crippen LogP contribution is 2.49. The Labute approximate surface area is 320 Å². The monoisotopic (exact) mass is 697 g/mol. The van der Waals surface area contributed by atoms with E-state index in [0.29, 0.717) is 0 Å². The molecule has 1 nitrogen and oxygen atoms in total. The van der Waals surface area contributed by atoms with E-state index in [1.165, 1.54) is 111 Å². The summed E-state index contributed by atoms with van der Waals surface area (Å²) in [5.74, 6) is 0.251. The van der Waals surface area contributed by atoms with Gasteiger partial charge in [0.25, 0.3) is 0 Å². The van der Waals surface area contributed by atoms with Gasteiger partial charge < -0.3 is 4.57 Å². The summed E-state index contributed by atoms with van der Waals surface area (Å²) in [4.78, 5) is 0. The molecule has 0 saturated carbocycles. The van der Waals surface area contributed by atoms with Crippen LogP contribution in [-0.4, -0.2) is 4.57 Å². The topological polar surface area (TPSA) is 4.93 Å². The minimum atomic E-state index is 0.251. The lowest BCUT2D eigenvalue weighted by molar-refractivity contribution is 1.02. The van der Waals surface area contributed by atoms with Gasteiger partial charge in [0.2, 0.25) is 0 Å². The molecule has 0 radical (unpaired) electrons. The van der Waals surface area contributed by atoms with Crippen LogP contribution in [-0.2, 0) is 6.42 Å². The molecular weight excluding hydrogens is 663 g/mol. The van der Waals surface area contributed by atoms with Crippen molar-refractivity contribution >= 4 is 32.6 Å². The Morgan fingerprint density at radius 1 is 0.364 bits per heavy atom. The summed E-state index contributed by atoms with van der Waals surface area (Å²) in [5.41, 5.74) is 21.0. The molecule has 0 bridgehead atoms. The summed E-state index contributed by atoms with van der Waals surface area (Å²) in [6.07, 6.45) is 0.985. The highest BCUT2D eigenvalue weighted by molar-refractivity contribution is 6.12. The Balaban J connectivity index is 1.02. The molecule has 9 aromatic carbocycles. The molecule has 1 heteroatoms. The van der Waals surface area contributed by atoms with Crippen LogP contribution >= 0.6 is 0 Å². The molecule has 12 rings (SSSR count). The van der Waals surface area contributed by atoms with Gasteiger partial charge in [0, 0.05) is 22.1 Å². The zero-order valence-electron chi connectivity index (χ0n) is 30.2. The van der Waals surface area contributed by atoms with Gasteiger partial charge in [0.1, 0.15) is 0 Å². The van der Waals surface area contributed by atoms with Gasteiger partial charge in [-0.05, 0) is 121 Å². The summed E-state index contributed by atoms with van der Waals surface area (Å²) in [7, 11) is 0. The van der Waals surface area contributed by atoms with Crippen LogP contribution in [0.4, 0.5) is 0 Å². The molecule has 0 amide bonds. The third kappa shape index (κ3) is 4.60. The second-order valence-electron chi connectivity index (χ2n) is 15.2. The van der Waals surface area contributed by atoms with E-state index in [-0.39, 0.29) is 5.92 Å². The highest BCUT2D eigenvalue weighted by Gasteiger charge is 2.30. The molecule has 55 heavy (non-hydrogen) atoms. The van der Waals surface area contributed by atoms with Crippen molar-refractivity contribution < 1.29 is 0 Å². The number of para-hydroxylation sites is 1. The van der Waals surface area contributed by atoms with Crippen molar-refractivity contribution in [3.8, 4) is 50.2 Å². The van der Waals surface area contributed by atoms with Crippen LogP contribution in [0.15, 0.2) is 194 Å². The summed E-state index contributed by atoms with van der Waals surface area (Å²) >= 11 is 0. The Kier molecular flexibility index (Phi) is 6.53. The molecule has 2 aliphatic carbocycles. The van der Waals surface area contributed by atoms with Gasteiger partial charge in [0.15, 0.2) is 0 Å². The molecule has 0 aliphatic heterocycles. The molecule has 2 aliphatic rings. The Morgan fingerprint density at radius 2 is 1.02 bits per heavy atom. The maximum atomic E-state index is 2.49. The van der Waals surface area contributed by atoms with Crippen LogP contribution in [0.1, 0.15) is 33.7 Å². The lowest BCUT2D eigenvalue weighted by Gasteiger charge is -2.15. The number of rotatable bonds is 4. The van der Waals surface area contributed by atoms with Crippen molar-refractivity contribution in [2.24, 2.45) is 0 Å². The molecule has 1 unspecified atom stereocenters. The first kappa shape index (κ1) is 30.5. The first-order valence-electron chi connectivity index (χ1n) is 19.3. The Bertz CT molecular complexity index is 3180. The van der Waals surface area contributed by atoms with E-state index < -0.39 is 0 Å².